The molecule has 0 aliphatic carbocycles. The fourth-order valence-corrected chi connectivity index (χ4v) is 4.39. The van der Waals surface area contributed by atoms with Gasteiger partial charge in [-0.2, -0.15) is 0 Å². The van der Waals surface area contributed by atoms with E-state index in [1.165, 1.54) is 17.0 Å². The lowest BCUT2D eigenvalue weighted by Gasteiger charge is -2.34. The van der Waals surface area contributed by atoms with E-state index in [1.54, 1.807) is 30.4 Å². The van der Waals surface area contributed by atoms with Gasteiger partial charge >= 0.3 is 0 Å². The van der Waals surface area contributed by atoms with Gasteiger partial charge in [0.15, 0.2) is 0 Å². The quantitative estimate of drug-likeness (QED) is 0.713. The molecule has 1 N–H and O–H groups in total. The molecule has 3 aromatic rings. The molecule has 1 aliphatic rings. The molecule has 1 saturated heterocycles. The van der Waals surface area contributed by atoms with Crippen molar-refractivity contribution in [2.24, 2.45) is 0 Å². The fourth-order valence-electron chi connectivity index (χ4n) is 3.53. The van der Waals surface area contributed by atoms with Gasteiger partial charge in [0.2, 0.25) is 0 Å². The molecular formula is C21H22FN3O2S. The van der Waals surface area contributed by atoms with E-state index in [2.05, 4.69) is 26.6 Å². The van der Waals surface area contributed by atoms with Gasteiger partial charge < -0.3 is 10.1 Å². The zero-order chi connectivity index (χ0) is 19.5. The summed E-state index contributed by atoms with van der Waals surface area (Å²) in [5, 5.41) is 5.88. The molecule has 1 fully saturated rings. The molecule has 5 nitrogen and oxygen atoms in total. The SMILES string of the molecule is Cc1nc2cc(F)ccc2cc1C(=O)NC[C@H](c1cccs1)N1CCOCC1. The fraction of sp³-hybridized carbons (Fsp3) is 0.333. The molecule has 0 radical (unpaired) electrons. The number of aryl methyl sites for hydroxylation is 1. The standard InChI is InChI=1S/C21H22FN3O2S/c1-14-17(11-15-4-5-16(22)12-18(15)24-14)21(26)23-13-19(20-3-2-10-28-20)25-6-8-27-9-7-25/h2-5,10-12,19H,6-9,13H2,1H3,(H,23,26)/t19-/m1/s1. The predicted octanol–water partition coefficient (Wildman–Crippen LogP) is 3.55. The van der Waals surface area contributed by atoms with Gasteiger partial charge in [0, 0.05) is 36.0 Å². The average molecular weight is 399 g/mol. The van der Waals surface area contributed by atoms with E-state index < -0.39 is 0 Å². The van der Waals surface area contributed by atoms with Crippen LogP contribution >= 0.6 is 11.3 Å². The number of aromatic nitrogens is 1. The topological polar surface area (TPSA) is 54.5 Å². The third-order valence-corrected chi connectivity index (χ3v) is 6.00. The number of carbonyl (C=O) groups is 1. The van der Waals surface area contributed by atoms with Gasteiger partial charge in [-0.3, -0.25) is 14.7 Å². The van der Waals surface area contributed by atoms with Crippen molar-refractivity contribution in [3.05, 3.63) is 63.7 Å². The Morgan fingerprint density at radius 2 is 2.14 bits per heavy atom. The largest absolute Gasteiger partial charge is 0.379 e. The smallest absolute Gasteiger partial charge is 0.253 e. The molecule has 2 aromatic heterocycles. The van der Waals surface area contributed by atoms with Crippen LogP contribution in [0.1, 0.15) is 27.0 Å². The number of ether oxygens (including phenoxy) is 1. The van der Waals surface area contributed by atoms with Crippen LogP contribution < -0.4 is 5.32 Å². The third kappa shape index (κ3) is 4.06. The molecule has 4 rings (SSSR count). The van der Waals surface area contributed by atoms with E-state index in [0.717, 1.165) is 18.5 Å². The first-order chi connectivity index (χ1) is 13.6. The molecule has 1 amide bonds. The minimum Gasteiger partial charge on any atom is -0.379 e. The molecule has 0 unspecified atom stereocenters. The second kappa shape index (κ2) is 8.34. The Morgan fingerprint density at radius 1 is 1.32 bits per heavy atom. The van der Waals surface area contributed by atoms with Crippen LogP contribution in [0.3, 0.4) is 0 Å². The molecule has 0 bridgehead atoms. The molecular weight excluding hydrogens is 377 g/mol. The number of rotatable bonds is 5. The van der Waals surface area contributed by atoms with Crippen molar-refractivity contribution in [2.45, 2.75) is 13.0 Å². The van der Waals surface area contributed by atoms with E-state index in [1.807, 2.05) is 6.07 Å². The average Bonchev–Trinajstić information content (AvgIpc) is 3.22. The molecule has 0 saturated carbocycles. The van der Waals surface area contributed by atoms with Gasteiger partial charge in [0.25, 0.3) is 5.91 Å². The molecule has 28 heavy (non-hydrogen) atoms. The summed E-state index contributed by atoms with van der Waals surface area (Å²) < 4.78 is 18.9. The van der Waals surface area contributed by atoms with Crippen molar-refractivity contribution in [1.29, 1.82) is 0 Å². The van der Waals surface area contributed by atoms with E-state index in [9.17, 15) is 9.18 Å². The number of amides is 1. The van der Waals surface area contributed by atoms with Crippen LogP contribution in [-0.2, 0) is 4.74 Å². The number of hydrogen-bond donors (Lipinski definition) is 1. The number of hydrogen-bond acceptors (Lipinski definition) is 5. The van der Waals surface area contributed by atoms with E-state index in [-0.39, 0.29) is 17.8 Å². The molecule has 1 aromatic carbocycles. The minimum absolute atomic E-state index is 0.121. The Balaban J connectivity index is 1.52. The lowest BCUT2D eigenvalue weighted by atomic mass is 10.1. The summed E-state index contributed by atoms with van der Waals surface area (Å²) in [6.45, 7) is 5.40. The summed E-state index contributed by atoms with van der Waals surface area (Å²) in [6.07, 6.45) is 0. The summed E-state index contributed by atoms with van der Waals surface area (Å²) in [4.78, 5) is 20.8. The third-order valence-electron chi connectivity index (χ3n) is 5.03. The highest BCUT2D eigenvalue weighted by atomic mass is 32.1. The van der Waals surface area contributed by atoms with Crippen LogP contribution in [0.25, 0.3) is 10.9 Å². The summed E-state index contributed by atoms with van der Waals surface area (Å²) in [5.41, 5.74) is 1.67. The summed E-state index contributed by atoms with van der Waals surface area (Å²) in [5.74, 6) is -0.494. The highest BCUT2D eigenvalue weighted by molar-refractivity contribution is 7.10. The number of nitrogens with zero attached hydrogens (tertiary/aromatic N) is 2. The van der Waals surface area contributed by atoms with Crippen LogP contribution in [0.4, 0.5) is 4.39 Å². The Morgan fingerprint density at radius 3 is 2.89 bits per heavy atom. The normalized spacial score (nSPS) is 16.2. The van der Waals surface area contributed by atoms with Crippen LogP contribution in [0, 0.1) is 12.7 Å². The molecule has 7 heteroatoms. The van der Waals surface area contributed by atoms with Crippen LogP contribution in [0.5, 0.6) is 0 Å². The molecule has 1 aliphatic heterocycles. The van der Waals surface area contributed by atoms with Crippen LogP contribution in [0.2, 0.25) is 0 Å². The summed E-state index contributed by atoms with van der Waals surface area (Å²) in [6, 6.07) is 10.5. The number of nitrogens with one attached hydrogen (secondary N) is 1. The Kier molecular flexibility index (Phi) is 5.66. The van der Waals surface area contributed by atoms with Crippen molar-refractivity contribution < 1.29 is 13.9 Å². The monoisotopic (exact) mass is 399 g/mol. The van der Waals surface area contributed by atoms with Crippen molar-refractivity contribution in [1.82, 2.24) is 15.2 Å². The first kappa shape index (κ1) is 19.0. The van der Waals surface area contributed by atoms with Gasteiger partial charge in [-0.1, -0.05) is 6.07 Å². The number of pyridine rings is 1. The number of halogens is 1. The first-order valence-electron chi connectivity index (χ1n) is 9.32. The van der Waals surface area contributed by atoms with E-state index >= 15 is 0 Å². The second-order valence-electron chi connectivity index (χ2n) is 6.85. The molecule has 1 atom stereocenters. The molecule has 3 heterocycles. The van der Waals surface area contributed by atoms with E-state index in [0.29, 0.717) is 36.5 Å². The van der Waals surface area contributed by atoms with Gasteiger partial charge in [0.05, 0.1) is 36.0 Å². The van der Waals surface area contributed by atoms with Gasteiger partial charge in [-0.25, -0.2) is 4.39 Å². The van der Waals surface area contributed by atoms with Crippen LogP contribution in [0.15, 0.2) is 41.8 Å². The first-order valence-corrected chi connectivity index (χ1v) is 10.2. The minimum atomic E-state index is -0.332. The zero-order valence-electron chi connectivity index (χ0n) is 15.7. The number of thiophene rings is 1. The maximum absolute atomic E-state index is 13.4. The van der Waals surface area contributed by atoms with Crippen molar-refractivity contribution in [2.75, 3.05) is 32.8 Å². The maximum atomic E-state index is 13.4. The number of carbonyl (C=O) groups excluding carboxylic acids is 1. The Labute approximate surface area is 167 Å². The molecule has 0 spiro atoms. The number of fused-ring (bicyclic) bond motifs is 1. The summed E-state index contributed by atoms with van der Waals surface area (Å²) in [7, 11) is 0. The molecule has 146 valence electrons. The Hall–Kier alpha value is -2.35. The van der Waals surface area contributed by atoms with Crippen molar-refractivity contribution in [3.63, 3.8) is 0 Å². The van der Waals surface area contributed by atoms with Crippen molar-refractivity contribution >= 4 is 28.1 Å². The van der Waals surface area contributed by atoms with Crippen molar-refractivity contribution in [3.8, 4) is 0 Å². The predicted molar refractivity (Wildman–Crippen MR) is 108 cm³/mol. The second-order valence-corrected chi connectivity index (χ2v) is 7.83. The van der Waals surface area contributed by atoms with Gasteiger partial charge in [-0.15, -0.1) is 11.3 Å². The lowest BCUT2D eigenvalue weighted by molar-refractivity contribution is 0.0169. The Bertz CT molecular complexity index is 971. The lowest BCUT2D eigenvalue weighted by Crippen LogP contribution is -2.43. The maximum Gasteiger partial charge on any atom is 0.253 e. The number of benzene rings is 1. The van der Waals surface area contributed by atoms with Crippen LogP contribution in [-0.4, -0.2) is 48.6 Å². The number of morpholine rings is 1. The van der Waals surface area contributed by atoms with Gasteiger partial charge in [0.1, 0.15) is 5.82 Å². The van der Waals surface area contributed by atoms with Gasteiger partial charge in [-0.05, 0) is 36.6 Å². The summed E-state index contributed by atoms with van der Waals surface area (Å²) >= 11 is 1.70. The highest BCUT2D eigenvalue weighted by Gasteiger charge is 2.24. The zero-order valence-corrected chi connectivity index (χ0v) is 16.5. The van der Waals surface area contributed by atoms with E-state index in [4.69, 9.17) is 4.74 Å². The highest BCUT2D eigenvalue weighted by Crippen LogP contribution is 2.26.